The van der Waals surface area contributed by atoms with Crippen LogP contribution in [0.25, 0.3) is 5.69 Å². The lowest BCUT2D eigenvalue weighted by atomic mass is 10.2. The van der Waals surface area contributed by atoms with E-state index >= 15 is 0 Å². The highest BCUT2D eigenvalue weighted by atomic mass is 35.5. The van der Waals surface area contributed by atoms with Gasteiger partial charge in [-0.2, -0.15) is 18.3 Å². The molecule has 0 unspecified atom stereocenters. The maximum absolute atomic E-state index is 12.4. The quantitative estimate of drug-likeness (QED) is 0.704. The van der Waals surface area contributed by atoms with Crippen molar-refractivity contribution in [2.75, 3.05) is 11.9 Å². The van der Waals surface area contributed by atoms with E-state index in [0.29, 0.717) is 11.3 Å². The van der Waals surface area contributed by atoms with Gasteiger partial charge in [-0.3, -0.25) is 4.79 Å². The molecule has 27 heavy (non-hydrogen) atoms. The molecule has 0 aliphatic heterocycles. The van der Waals surface area contributed by atoms with E-state index in [1.54, 1.807) is 24.3 Å². The summed E-state index contributed by atoms with van der Waals surface area (Å²) < 4.78 is 43.4. The third-order valence-corrected chi connectivity index (χ3v) is 3.63. The number of anilines is 1. The van der Waals surface area contributed by atoms with Gasteiger partial charge < -0.3 is 10.1 Å². The first-order valence-electron chi connectivity index (χ1n) is 7.57. The summed E-state index contributed by atoms with van der Waals surface area (Å²) in [5.41, 5.74) is 1.03. The predicted molar refractivity (Wildman–Crippen MR) is 92.3 cm³/mol. The molecular weight excluding hydrogens is 385 g/mol. The number of hydrogen-bond donors (Lipinski definition) is 1. The lowest BCUT2D eigenvalue weighted by Gasteiger charge is -2.14. The van der Waals surface area contributed by atoms with E-state index in [-0.39, 0.29) is 16.5 Å². The zero-order valence-electron chi connectivity index (χ0n) is 13.6. The number of rotatable bonds is 5. The molecule has 1 heterocycles. The molecule has 0 saturated carbocycles. The molecule has 0 fully saturated rings. The van der Waals surface area contributed by atoms with Crippen molar-refractivity contribution in [3.05, 3.63) is 65.7 Å². The molecule has 0 saturated heterocycles. The number of alkyl halides is 3. The van der Waals surface area contributed by atoms with Gasteiger partial charge in [0.2, 0.25) is 0 Å². The molecular formula is C17H12ClF3N4O2. The Labute approximate surface area is 156 Å². The van der Waals surface area contributed by atoms with Gasteiger partial charge in [0.15, 0.2) is 6.61 Å². The van der Waals surface area contributed by atoms with Gasteiger partial charge in [-0.15, -0.1) is 0 Å². The van der Waals surface area contributed by atoms with E-state index in [1.165, 1.54) is 35.5 Å². The maximum atomic E-state index is 12.4. The number of hydrogen-bond acceptors (Lipinski definition) is 4. The zero-order valence-corrected chi connectivity index (χ0v) is 14.3. The van der Waals surface area contributed by atoms with Gasteiger partial charge in [-0.1, -0.05) is 11.6 Å². The number of carbonyl (C=O) groups excluding carboxylic acids is 1. The standard InChI is InChI=1S/C17H12ClF3N4O2/c18-12-3-6-15(27-8-17(19,20)21)14(7-12)24-16(26)11-1-4-13(5-2-11)25-10-22-9-23-25/h1-7,9-10H,8H2,(H,24,26). The van der Waals surface area contributed by atoms with Crippen molar-refractivity contribution in [3.63, 3.8) is 0 Å². The van der Waals surface area contributed by atoms with Crippen LogP contribution in [0.15, 0.2) is 55.1 Å². The molecule has 0 atom stereocenters. The van der Waals surface area contributed by atoms with Crippen LogP contribution < -0.4 is 10.1 Å². The van der Waals surface area contributed by atoms with E-state index in [1.807, 2.05) is 0 Å². The smallest absolute Gasteiger partial charge is 0.422 e. The fraction of sp³-hybridized carbons (Fsp3) is 0.118. The van der Waals surface area contributed by atoms with Crippen LogP contribution in [0.3, 0.4) is 0 Å². The average Bonchev–Trinajstić information content (AvgIpc) is 3.15. The second-order valence-corrected chi connectivity index (χ2v) is 5.82. The minimum Gasteiger partial charge on any atom is -0.482 e. The number of amides is 1. The second-order valence-electron chi connectivity index (χ2n) is 5.39. The first-order valence-corrected chi connectivity index (χ1v) is 7.95. The zero-order chi connectivity index (χ0) is 19.4. The minimum absolute atomic E-state index is 0.0390. The SMILES string of the molecule is O=C(Nc1cc(Cl)ccc1OCC(F)(F)F)c1ccc(-n2cncn2)cc1. The molecule has 1 amide bonds. The van der Waals surface area contributed by atoms with Crippen LogP contribution in [0, 0.1) is 0 Å². The maximum Gasteiger partial charge on any atom is 0.422 e. The largest absolute Gasteiger partial charge is 0.482 e. The first-order chi connectivity index (χ1) is 12.8. The number of benzene rings is 2. The van der Waals surface area contributed by atoms with Gasteiger partial charge in [0.25, 0.3) is 5.91 Å². The van der Waals surface area contributed by atoms with Gasteiger partial charge in [-0.25, -0.2) is 9.67 Å². The molecule has 10 heteroatoms. The average molecular weight is 397 g/mol. The van der Waals surface area contributed by atoms with Crippen LogP contribution in [0.1, 0.15) is 10.4 Å². The molecule has 3 rings (SSSR count). The fourth-order valence-electron chi connectivity index (χ4n) is 2.19. The Hall–Kier alpha value is -3.07. The Morgan fingerprint density at radius 3 is 2.56 bits per heavy atom. The highest BCUT2D eigenvalue weighted by Gasteiger charge is 2.29. The summed E-state index contributed by atoms with van der Waals surface area (Å²) >= 11 is 5.87. The van der Waals surface area contributed by atoms with Gasteiger partial charge >= 0.3 is 6.18 Å². The molecule has 2 aromatic carbocycles. The topological polar surface area (TPSA) is 69.0 Å². The molecule has 3 aromatic rings. The highest BCUT2D eigenvalue weighted by molar-refractivity contribution is 6.31. The summed E-state index contributed by atoms with van der Waals surface area (Å²) in [5, 5.41) is 6.72. The number of ether oxygens (including phenoxy) is 1. The summed E-state index contributed by atoms with van der Waals surface area (Å²) in [6, 6.07) is 10.4. The number of aromatic nitrogens is 3. The highest BCUT2D eigenvalue weighted by Crippen LogP contribution is 2.30. The molecule has 0 aliphatic rings. The minimum atomic E-state index is -4.50. The van der Waals surface area contributed by atoms with Crippen molar-refractivity contribution >= 4 is 23.2 Å². The van der Waals surface area contributed by atoms with E-state index < -0.39 is 18.7 Å². The van der Waals surface area contributed by atoms with Gasteiger partial charge in [0.05, 0.1) is 11.4 Å². The van der Waals surface area contributed by atoms with Crippen LogP contribution in [-0.4, -0.2) is 33.5 Å². The van der Waals surface area contributed by atoms with E-state index in [0.717, 1.165) is 0 Å². The third-order valence-electron chi connectivity index (χ3n) is 3.39. The summed E-state index contributed by atoms with van der Waals surface area (Å²) in [6.45, 7) is -1.48. The lowest BCUT2D eigenvalue weighted by molar-refractivity contribution is -0.153. The van der Waals surface area contributed by atoms with Gasteiger partial charge in [-0.05, 0) is 42.5 Å². The normalized spacial score (nSPS) is 11.3. The molecule has 140 valence electrons. The Kier molecular flexibility index (Phi) is 5.31. The summed E-state index contributed by atoms with van der Waals surface area (Å²) in [4.78, 5) is 16.2. The lowest BCUT2D eigenvalue weighted by Crippen LogP contribution is -2.20. The first kappa shape index (κ1) is 18.7. The third kappa shape index (κ3) is 4.98. The van der Waals surface area contributed by atoms with Crippen LogP contribution >= 0.6 is 11.6 Å². The van der Waals surface area contributed by atoms with E-state index in [2.05, 4.69) is 15.4 Å². The summed E-state index contributed by atoms with van der Waals surface area (Å²) in [7, 11) is 0. The summed E-state index contributed by atoms with van der Waals surface area (Å²) in [6.07, 6.45) is -1.62. The molecule has 0 bridgehead atoms. The molecule has 1 N–H and O–H groups in total. The molecule has 0 aliphatic carbocycles. The van der Waals surface area contributed by atoms with Crippen molar-refractivity contribution in [1.82, 2.24) is 14.8 Å². The Morgan fingerprint density at radius 2 is 1.93 bits per heavy atom. The Morgan fingerprint density at radius 1 is 1.19 bits per heavy atom. The molecule has 0 radical (unpaired) electrons. The predicted octanol–water partition coefficient (Wildman–Crippen LogP) is 4.11. The van der Waals surface area contributed by atoms with Crippen LogP contribution in [0.2, 0.25) is 5.02 Å². The van der Waals surface area contributed by atoms with Crippen molar-refractivity contribution < 1.29 is 22.7 Å². The molecule has 1 aromatic heterocycles. The molecule has 0 spiro atoms. The monoisotopic (exact) mass is 396 g/mol. The Balaban J connectivity index is 1.76. The van der Waals surface area contributed by atoms with Crippen molar-refractivity contribution in [2.45, 2.75) is 6.18 Å². The fourth-order valence-corrected chi connectivity index (χ4v) is 2.36. The van der Waals surface area contributed by atoms with E-state index in [4.69, 9.17) is 16.3 Å². The van der Waals surface area contributed by atoms with Crippen molar-refractivity contribution in [1.29, 1.82) is 0 Å². The van der Waals surface area contributed by atoms with Gasteiger partial charge in [0.1, 0.15) is 18.4 Å². The number of nitrogens with zero attached hydrogens (tertiary/aromatic N) is 3. The Bertz CT molecular complexity index is 928. The van der Waals surface area contributed by atoms with Crippen LogP contribution in [-0.2, 0) is 0 Å². The van der Waals surface area contributed by atoms with Gasteiger partial charge in [0, 0.05) is 10.6 Å². The number of halogens is 4. The second kappa shape index (κ2) is 7.67. The van der Waals surface area contributed by atoms with Crippen molar-refractivity contribution in [2.24, 2.45) is 0 Å². The number of carbonyl (C=O) groups is 1. The van der Waals surface area contributed by atoms with E-state index in [9.17, 15) is 18.0 Å². The molecule has 6 nitrogen and oxygen atoms in total. The number of nitrogens with one attached hydrogen (secondary N) is 1. The van der Waals surface area contributed by atoms with Crippen LogP contribution in [0.5, 0.6) is 5.75 Å². The summed E-state index contributed by atoms with van der Waals surface area (Å²) in [5.74, 6) is -0.663. The van der Waals surface area contributed by atoms with Crippen molar-refractivity contribution in [3.8, 4) is 11.4 Å². The van der Waals surface area contributed by atoms with Crippen LogP contribution in [0.4, 0.5) is 18.9 Å².